The minimum atomic E-state index is -3.55. The first-order valence-electron chi connectivity index (χ1n) is 4.66. The molecule has 90 valence electrons. The van der Waals surface area contributed by atoms with Crippen LogP contribution in [-0.2, 0) is 16.6 Å². The Balaban J connectivity index is 2.14. The minimum absolute atomic E-state index is 0.106. The first-order valence-corrected chi connectivity index (χ1v) is 7.03. The molecule has 0 atom stereocenters. The molecule has 0 saturated heterocycles. The summed E-state index contributed by atoms with van der Waals surface area (Å²) in [6.45, 7) is 0.217. The van der Waals surface area contributed by atoms with Gasteiger partial charge in [0.2, 0.25) is 10.0 Å². The third kappa shape index (κ3) is 2.99. The van der Waals surface area contributed by atoms with Crippen LogP contribution in [0.3, 0.4) is 0 Å². The van der Waals surface area contributed by atoms with Crippen molar-refractivity contribution in [1.29, 1.82) is 0 Å². The highest BCUT2D eigenvalue weighted by Gasteiger charge is 2.14. The quantitative estimate of drug-likeness (QED) is 0.847. The Hall–Kier alpha value is -1.51. The van der Waals surface area contributed by atoms with Crippen LogP contribution in [0.5, 0.6) is 0 Å². The average molecular weight is 270 g/mol. The van der Waals surface area contributed by atoms with Gasteiger partial charge in [-0.2, -0.15) is 0 Å². The second kappa shape index (κ2) is 4.78. The summed E-state index contributed by atoms with van der Waals surface area (Å²) in [6.07, 6.45) is 2.98. The molecule has 3 N–H and O–H groups in total. The number of nitrogens with one attached hydrogen (secondary N) is 1. The molecule has 2 aromatic rings. The maximum atomic E-state index is 11.9. The number of aromatic nitrogens is 2. The van der Waals surface area contributed by atoms with Crippen molar-refractivity contribution < 1.29 is 8.42 Å². The predicted molar refractivity (Wildman–Crippen MR) is 64.8 cm³/mol. The maximum Gasteiger partial charge on any atom is 0.241 e. The van der Waals surface area contributed by atoms with Crippen molar-refractivity contribution in [2.45, 2.75) is 11.4 Å². The van der Waals surface area contributed by atoms with E-state index in [1.165, 1.54) is 29.7 Å². The van der Waals surface area contributed by atoms with E-state index in [4.69, 9.17) is 5.73 Å². The zero-order valence-electron chi connectivity index (χ0n) is 8.70. The third-order valence-electron chi connectivity index (χ3n) is 1.98. The van der Waals surface area contributed by atoms with Crippen LogP contribution < -0.4 is 10.5 Å². The summed E-state index contributed by atoms with van der Waals surface area (Å²) in [5.41, 5.74) is 7.08. The van der Waals surface area contributed by atoms with Crippen LogP contribution in [-0.4, -0.2) is 18.4 Å². The molecule has 2 aromatic heterocycles. The van der Waals surface area contributed by atoms with E-state index in [1.807, 2.05) is 0 Å². The van der Waals surface area contributed by atoms with Gasteiger partial charge in [0.15, 0.2) is 0 Å². The fraction of sp³-hybridized carbons (Fsp3) is 0.111. The molecule has 0 aliphatic heterocycles. The maximum absolute atomic E-state index is 11.9. The van der Waals surface area contributed by atoms with Gasteiger partial charge in [0.25, 0.3) is 0 Å². The summed E-state index contributed by atoms with van der Waals surface area (Å²) in [5, 5.41) is 0. The lowest BCUT2D eigenvalue weighted by Crippen LogP contribution is -2.23. The number of pyridine rings is 1. The number of nitrogen functional groups attached to an aromatic ring is 1. The van der Waals surface area contributed by atoms with Gasteiger partial charge in [0.1, 0.15) is 5.82 Å². The van der Waals surface area contributed by atoms with Crippen LogP contribution in [0, 0.1) is 0 Å². The molecular weight excluding hydrogens is 260 g/mol. The predicted octanol–water partition coefficient (Wildman–Crippen LogP) is 0.599. The first-order chi connectivity index (χ1) is 8.08. The van der Waals surface area contributed by atoms with Gasteiger partial charge in [0.05, 0.1) is 10.4 Å². The molecule has 0 unspecified atom stereocenters. The van der Waals surface area contributed by atoms with E-state index in [-0.39, 0.29) is 17.3 Å². The van der Waals surface area contributed by atoms with Gasteiger partial charge in [-0.3, -0.25) is 4.98 Å². The van der Waals surface area contributed by atoms with E-state index in [2.05, 4.69) is 14.7 Å². The lowest BCUT2D eigenvalue weighted by molar-refractivity contribution is 0.581. The van der Waals surface area contributed by atoms with E-state index < -0.39 is 10.0 Å². The van der Waals surface area contributed by atoms with Crippen molar-refractivity contribution in [2.24, 2.45) is 0 Å². The van der Waals surface area contributed by atoms with Crippen LogP contribution >= 0.6 is 11.3 Å². The molecule has 0 aliphatic rings. The molecule has 0 saturated carbocycles. The number of anilines is 1. The van der Waals surface area contributed by atoms with Gasteiger partial charge in [0, 0.05) is 29.9 Å². The molecule has 8 heteroatoms. The van der Waals surface area contributed by atoms with Gasteiger partial charge < -0.3 is 5.73 Å². The fourth-order valence-electron chi connectivity index (χ4n) is 1.17. The number of thiazole rings is 1. The Labute approximate surface area is 103 Å². The van der Waals surface area contributed by atoms with Crippen molar-refractivity contribution in [3.63, 3.8) is 0 Å². The van der Waals surface area contributed by atoms with Crippen LogP contribution in [0.4, 0.5) is 5.82 Å². The lowest BCUT2D eigenvalue weighted by Gasteiger charge is -2.05. The van der Waals surface area contributed by atoms with Crippen molar-refractivity contribution in [3.05, 3.63) is 34.9 Å². The van der Waals surface area contributed by atoms with Crippen LogP contribution in [0.1, 0.15) is 4.88 Å². The Kier molecular flexibility index (Phi) is 3.36. The molecule has 6 nitrogen and oxygen atoms in total. The molecule has 0 amide bonds. The molecule has 0 aliphatic carbocycles. The summed E-state index contributed by atoms with van der Waals surface area (Å²) >= 11 is 1.39. The van der Waals surface area contributed by atoms with Crippen molar-refractivity contribution >= 4 is 27.2 Å². The Morgan fingerprint density at radius 2 is 2.29 bits per heavy atom. The van der Waals surface area contributed by atoms with Gasteiger partial charge in [-0.05, 0) is 6.07 Å². The second-order valence-electron chi connectivity index (χ2n) is 3.21. The molecule has 2 heterocycles. The molecule has 17 heavy (non-hydrogen) atoms. The molecule has 0 bridgehead atoms. The monoisotopic (exact) mass is 270 g/mol. The Morgan fingerprint density at radius 3 is 2.94 bits per heavy atom. The minimum Gasteiger partial charge on any atom is -0.384 e. The third-order valence-corrected chi connectivity index (χ3v) is 4.16. The summed E-state index contributed by atoms with van der Waals surface area (Å²) in [5.74, 6) is 0.172. The highest BCUT2D eigenvalue weighted by Crippen LogP contribution is 2.12. The SMILES string of the molecule is Nc1cc(S(=O)(=O)NCc2cncs2)ccn1. The van der Waals surface area contributed by atoms with Gasteiger partial charge >= 0.3 is 0 Å². The zero-order chi connectivity index (χ0) is 12.3. The van der Waals surface area contributed by atoms with E-state index >= 15 is 0 Å². The van der Waals surface area contributed by atoms with Crippen molar-refractivity contribution in [3.8, 4) is 0 Å². The standard InChI is InChI=1S/C9H10N4O2S2/c10-9-3-8(1-2-12-9)17(14,15)13-5-7-4-11-6-16-7/h1-4,6,13H,5H2,(H2,10,12). The summed E-state index contributed by atoms with van der Waals surface area (Å²) in [7, 11) is -3.55. The van der Waals surface area contributed by atoms with Crippen LogP contribution in [0.2, 0.25) is 0 Å². The molecular formula is C9H10N4O2S2. The van der Waals surface area contributed by atoms with E-state index in [0.717, 1.165) is 4.88 Å². The van der Waals surface area contributed by atoms with Crippen molar-refractivity contribution in [2.75, 3.05) is 5.73 Å². The normalized spacial score (nSPS) is 11.5. The largest absolute Gasteiger partial charge is 0.384 e. The molecule has 0 radical (unpaired) electrons. The van der Waals surface area contributed by atoms with Crippen molar-refractivity contribution in [1.82, 2.24) is 14.7 Å². The van der Waals surface area contributed by atoms with Gasteiger partial charge in [-0.1, -0.05) is 0 Å². The Bertz CT molecular complexity index is 595. The highest BCUT2D eigenvalue weighted by molar-refractivity contribution is 7.89. The lowest BCUT2D eigenvalue weighted by atomic mass is 10.5. The number of hydrogen-bond acceptors (Lipinski definition) is 6. The van der Waals surface area contributed by atoms with Gasteiger partial charge in [-0.15, -0.1) is 11.3 Å². The number of hydrogen-bond donors (Lipinski definition) is 2. The summed E-state index contributed by atoms with van der Waals surface area (Å²) < 4.78 is 26.2. The fourth-order valence-corrected chi connectivity index (χ4v) is 2.83. The topological polar surface area (TPSA) is 98.0 Å². The number of rotatable bonds is 4. The number of sulfonamides is 1. The van der Waals surface area contributed by atoms with Gasteiger partial charge in [-0.25, -0.2) is 18.1 Å². The Morgan fingerprint density at radius 1 is 1.47 bits per heavy atom. The van der Waals surface area contributed by atoms with Crippen LogP contribution in [0.15, 0.2) is 34.9 Å². The summed E-state index contributed by atoms with van der Waals surface area (Å²) in [4.78, 5) is 8.55. The van der Waals surface area contributed by atoms with E-state index in [9.17, 15) is 8.42 Å². The number of nitrogens with two attached hydrogens (primary N) is 1. The highest BCUT2D eigenvalue weighted by atomic mass is 32.2. The summed E-state index contributed by atoms with van der Waals surface area (Å²) in [6, 6.07) is 2.71. The molecule has 0 aromatic carbocycles. The zero-order valence-corrected chi connectivity index (χ0v) is 10.3. The smallest absolute Gasteiger partial charge is 0.241 e. The van der Waals surface area contributed by atoms with E-state index in [1.54, 1.807) is 11.7 Å². The van der Waals surface area contributed by atoms with Crippen LogP contribution in [0.25, 0.3) is 0 Å². The second-order valence-corrected chi connectivity index (χ2v) is 5.95. The molecule has 0 spiro atoms. The first kappa shape index (κ1) is 12.0. The molecule has 2 rings (SSSR count). The van der Waals surface area contributed by atoms with E-state index in [0.29, 0.717) is 0 Å². The number of nitrogens with zero attached hydrogens (tertiary/aromatic N) is 2. The molecule has 0 fully saturated rings. The average Bonchev–Trinajstić information content (AvgIpc) is 2.79.